The second-order valence-electron chi connectivity index (χ2n) is 1.09. The van der Waals surface area contributed by atoms with Crippen LogP contribution in [0, 0.1) is 0 Å². The van der Waals surface area contributed by atoms with Gasteiger partial charge in [0.25, 0.3) is 0 Å². The van der Waals surface area contributed by atoms with Crippen molar-refractivity contribution in [1.82, 2.24) is 5.32 Å². The number of nitrogens with one attached hydrogen (secondary N) is 1. The molecule has 0 saturated heterocycles. The smallest absolute Gasteiger partial charge is 0.312 e. The van der Waals surface area contributed by atoms with E-state index in [1.165, 1.54) is 7.11 Å². The molecule has 5 heteroatoms. The summed E-state index contributed by atoms with van der Waals surface area (Å²) < 4.78 is 0. The van der Waals surface area contributed by atoms with E-state index in [-0.39, 0.29) is 6.54 Å². The summed E-state index contributed by atoms with van der Waals surface area (Å²) >= 11 is 0. The molecule has 0 heterocycles. The van der Waals surface area contributed by atoms with E-state index in [1.807, 2.05) is 0 Å². The first-order chi connectivity index (χ1) is 4.31. The summed E-state index contributed by atoms with van der Waals surface area (Å²) in [5.41, 5.74) is 0. The fourth-order valence-corrected chi connectivity index (χ4v) is 0.230. The molecule has 0 saturated carbocycles. The number of rotatable bonds is 3. The first-order valence-electron chi connectivity index (χ1n) is 2.23. The van der Waals surface area contributed by atoms with Gasteiger partial charge in [-0.05, 0) is 0 Å². The summed E-state index contributed by atoms with van der Waals surface area (Å²) in [5.74, 6) is 0. The average Bonchev–Trinajstić information content (AvgIpc) is 1.85. The fourth-order valence-electron chi connectivity index (χ4n) is 0.230. The van der Waals surface area contributed by atoms with Crippen LogP contribution in [0.15, 0.2) is 0 Å². The Balaban J connectivity index is 3.16. The Labute approximate surface area is 51.9 Å². The maximum absolute atomic E-state index is 10.2. The van der Waals surface area contributed by atoms with Crippen molar-refractivity contribution in [3.8, 4) is 0 Å². The van der Waals surface area contributed by atoms with Gasteiger partial charge in [0.2, 0.25) is 0 Å². The van der Waals surface area contributed by atoms with Crippen molar-refractivity contribution in [3.05, 3.63) is 0 Å². The second-order valence-corrected chi connectivity index (χ2v) is 1.09. The number of aldehydes is 1. The van der Waals surface area contributed by atoms with Crippen molar-refractivity contribution in [2.24, 2.45) is 0 Å². The van der Waals surface area contributed by atoms with Crippen LogP contribution in [0.5, 0.6) is 0 Å². The summed E-state index contributed by atoms with van der Waals surface area (Å²) in [6, 6.07) is 0. The SMILES string of the molecule is COOC(=O)NCC=O. The molecule has 0 radical (unpaired) electrons. The van der Waals surface area contributed by atoms with E-state index >= 15 is 0 Å². The highest BCUT2D eigenvalue weighted by molar-refractivity contribution is 5.70. The number of carbonyl (C=O) groups excluding carboxylic acids is 2. The third kappa shape index (κ3) is 4.76. The standard InChI is InChI=1S/C4H7NO4/c1-8-9-4(7)5-2-3-6/h3H,2H2,1H3,(H,5,7). The Bertz CT molecular complexity index is 103. The maximum Gasteiger partial charge on any atom is 0.439 e. The Hall–Kier alpha value is -1.10. The van der Waals surface area contributed by atoms with Crippen LogP contribution in [-0.2, 0) is 14.6 Å². The van der Waals surface area contributed by atoms with Gasteiger partial charge in [0.15, 0.2) is 0 Å². The summed E-state index contributed by atoms with van der Waals surface area (Å²) in [6.07, 6.45) is -0.235. The highest BCUT2D eigenvalue weighted by Gasteiger charge is 1.97. The van der Waals surface area contributed by atoms with Crippen LogP contribution in [0.4, 0.5) is 4.79 Å². The lowest BCUT2D eigenvalue weighted by atomic mass is 10.7. The van der Waals surface area contributed by atoms with Gasteiger partial charge >= 0.3 is 6.09 Å². The Kier molecular flexibility index (Phi) is 4.43. The summed E-state index contributed by atoms with van der Waals surface area (Å²) in [4.78, 5) is 27.7. The molecule has 0 fully saturated rings. The quantitative estimate of drug-likeness (QED) is 0.319. The molecule has 0 aromatic carbocycles. The van der Waals surface area contributed by atoms with E-state index in [0.717, 1.165) is 0 Å². The Morgan fingerprint density at radius 1 is 1.78 bits per heavy atom. The highest BCUT2D eigenvalue weighted by atomic mass is 17.2. The zero-order valence-electron chi connectivity index (χ0n) is 4.92. The molecule has 0 spiro atoms. The van der Waals surface area contributed by atoms with E-state index in [9.17, 15) is 9.59 Å². The van der Waals surface area contributed by atoms with Gasteiger partial charge < -0.3 is 10.1 Å². The van der Waals surface area contributed by atoms with Crippen molar-refractivity contribution < 1.29 is 19.4 Å². The normalized spacial score (nSPS) is 8.11. The van der Waals surface area contributed by atoms with Crippen molar-refractivity contribution in [2.45, 2.75) is 0 Å². The van der Waals surface area contributed by atoms with Crippen LogP contribution in [0.2, 0.25) is 0 Å². The molecule has 1 N–H and O–H groups in total. The molecule has 0 aliphatic carbocycles. The van der Waals surface area contributed by atoms with Crippen LogP contribution >= 0.6 is 0 Å². The summed E-state index contributed by atoms with van der Waals surface area (Å²) in [7, 11) is 1.19. The van der Waals surface area contributed by atoms with Gasteiger partial charge in [0.1, 0.15) is 6.29 Å². The average molecular weight is 133 g/mol. The molecule has 0 aromatic rings. The predicted octanol–water partition coefficient (Wildman–Crippen LogP) is -0.527. The van der Waals surface area contributed by atoms with Gasteiger partial charge in [-0.1, -0.05) is 0 Å². The molecule has 0 bridgehead atoms. The Morgan fingerprint density at radius 3 is 2.89 bits per heavy atom. The van der Waals surface area contributed by atoms with Crippen LogP contribution in [0.1, 0.15) is 0 Å². The van der Waals surface area contributed by atoms with Gasteiger partial charge in [-0.2, -0.15) is 4.89 Å². The zero-order chi connectivity index (χ0) is 7.11. The molecule has 5 nitrogen and oxygen atoms in total. The number of hydrogen-bond donors (Lipinski definition) is 1. The van der Waals surface area contributed by atoms with E-state index < -0.39 is 6.09 Å². The van der Waals surface area contributed by atoms with Gasteiger partial charge in [-0.25, -0.2) is 4.79 Å². The lowest BCUT2D eigenvalue weighted by molar-refractivity contribution is -0.212. The van der Waals surface area contributed by atoms with Crippen molar-refractivity contribution in [1.29, 1.82) is 0 Å². The van der Waals surface area contributed by atoms with E-state index in [0.29, 0.717) is 6.29 Å². The zero-order valence-corrected chi connectivity index (χ0v) is 4.92. The van der Waals surface area contributed by atoms with Gasteiger partial charge in [-0.3, -0.25) is 4.89 Å². The van der Waals surface area contributed by atoms with Crippen LogP contribution < -0.4 is 5.32 Å². The minimum Gasteiger partial charge on any atom is -0.312 e. The first-order valence-corrected chi connectivity index (χ1v) is 2.23. The molecule has 1 amide bonds. The van der Waals surface area contributed by atoms with Gasteiger partial charge in [-0.15, -0.1) is 0 Å². The minimum atomic E-state index is -0.774. The summed E-state index contributed by atoms with van der Waals surface area (Å²) in [6.45, 7) is -0.0673. The van der Waals surface area contributed by atoms with E-state index in [4.69, 9.17) is 0 Å². The molecule has 52 valence electrons. The van der Waals surface area contributed by atoms with Crippen molar-refractivity contribution in [3.63, 3.8) is 0 Å². The van der Waals surface area contributed by atoms with Crippen LogP contribution in [0.3, 0.4) is 0 Å². The molecular weight excluding hydrogens is 126 g/mol. The molecule has 0 unspecified atom stereocenters. The second kappa shape index (κ2) is 5.04. The third-order valence-electron chi connectivity index (χ3n) is 0.489. The lowest BCUT2D eigenvalue weighted by Gasteiger charge is -1.96. The van der Waals surface area contributed by atoms with E-state index in [2.05, 4.69) is 15.1 Å². The third-order valence-corrected chi connectivity index (χ3v) is 0.489. The molecule has 0 atom stereocenters. The monoisotopic (exact) mass is 133 g/mol. The van der Waals surface area contributed by atoms with Gasteiger partial charge in [0.05, 0.1) is 13.7 Å². The predicted molar refractivity (Wildman–Crippen MR) is 27.6 cm³/mol. The molecule has 9 heavy (non-hydrogen) atoms. The molecule has 0 aromatic heterocycles. The molecule has 0 aliphatic heterocycles. The van der Waals surface area contributed by atoms with E-state index in [1.54, 1.807) is 0 Å². The topological polar surface area (TPSA) is 64.6 Å². The molecule has 0 rings (SSSR count). The van der Waals surface area contributed by atoms with Gasteiger partial charge in [0, 0.05) is 0 Å². The van der Waals surface area contributed by atoms with Crippen molar-refractivity contribution in [2.75, 3.05) is 13.7 Å². The number of carbonyl (C=O) groups is 2. The number of hydrogen-bond acceptors (Lipinski definition) is 4. The highest BCUT2D eigenvalue weighted by Crippen LogP contribution is 1.72. The first kappa shape index (κ1) is 7.90. The molecule has 0 aliphatic rings. The van der Waals surface area contributed by atoms with Crippen molar-refractivity contribution >= 4 is 12.4 Å². The fraction of sp³-hybridized carbons (Fsp3) is 0.500. The largest absolute Gasteiger partial charge is 0.439 e. The molecular formula is C4H7NO4. The van der Waals surface area contributed by atoms with Crippen LogP contribution in [0.25, 0.3) is 0 Å². The number of amides is 1. The van der Waals surface area contributed by atoms with Crippen LogP contribution in [-0.4, -0.2) is 26.0 Å². The Morgan fingerprint density at radius 2 is 2.44 bits per heavy atom. The lowest BCUT2D eigenvalue weighted by Crippen LogP contribution is -2.25. The minimum absolute atomic E-state index is 0.0673. The maximum atomic E-state index is 10.2. The summed E-state index contributed by atoms with van der Waals surface area (Å²) in [5, 5.41) is 2.08.